The lowest BCUT2D eigenvalue weighted by molar-refractivity contribution is -0.124. The summed E-state index contributed by atoms with van der Waals surface area (Å²) >= 11 is 0. The van der Waals surface area contributed by atoms with Crippen molar-refractivity contribution in [1.29, 1.82) is 0 Å². The Morgan fingerprint density at radius 2 is 2.10 bits per heavy atom. The van der Waals surface area contributed by atoms with E-state index in [0.29, 0.717) is 26.1 Å². The number of nitrogens with one attached hydrogen (secondary N) is 3. The average molecular weight is 311 g/mol. The molecule has 6 nitrogen and oxygen atoms in total. The Hall–Kier alpha value is -1.60. The molecule has 0 fully saturated rings. The molecular weight excluding hydrogens is 290 g/mol. The number of sulfonamides is 1. The Balaban J connectivity index is 1.73. The zero-order chi connectivity index (χ0) is 15.3. The second-order valence-electron chi connectivity index (χ2n) is 5.25. The molecule has 0 spiro atoms. The molecule has 0 saturated heterocycles. The summed E-state index contributed by atoms with van der Waals surface area (Å²) in [5.74, 6) is -0.0703. The van der Waals surface area contributed by atoms with E-state index in [4.69, 9.17) is 0 Å². The van der Waals surface area contributed by atoms with Gasteiger partial charge in [-0.15, -0.1) is 0 Å². The fraction of sp³-hybridized carbons (Fsp3) is 0.500. The molecule has 21 heavy (non-hydrogen) atoms. The van der Waals surface area contributed by atoms with Gasteiger partial charge in [0, 0.05) is 25.3 Å². The van der Waals surface area contributed by atoms with Gasteiger partial charge in [-0.1, -0.05) is 18.2 Å². The normalized spacial score (nSPS) is 17.7. The summed E-state index contributed by atoms with van der Waals surface area (Å²) in [7, 11) is -3.15. The molecule has 1 atom stereocenters. The van der Waals surface area contributed by atoms with Gasteiger partial charge in [0.1, 0.15) is 0 Å². The topological polar surface area (TPSA) is 87.3 Å². The van der Waals surface area contributed by atoms with Crippen molar-refractivity contribution < 1.29 is 13.2 Å². The Bertz CT molecular complexity index is 601. The molecule has 0 aliphatic carbocycles. The smallest absolute Gasteiger partial charge is 0.225 e. The van der Waals surface area contributed by atoms with Crippen LogP contribution in [0, 0.1) is 5.92 Å². The third-order valence-corrected chi connectivity index (χ3v) is 4.14. The van der Waals surface area contributed by atoms with E-state index < -0.39 is 10.0 Å². The Morgan fingerprint density at radius 3 is 2.86 bits per heavy atom. The largest absolute Gasteiger partial charge is 0.384 e. The van der Waals surface area contributed by atoms with Crippen molar-refractivity contribution in [2.24, 2.45) is 5.92 Å². The van der Waals surface area contributed by atoms with Gasteiger partial charge in [-0.3, -0.25) is 4.79 Å². The van der Waals surface area contributed by atoms with E-state index in [1.54, 1.807) is 0 Å². The molecule has 1 aliphatic heterocycles. The first kappa shape index (κ1) is 15.8. The van der Waals surface area contributed by atoms with E-state index >= 15 is 0 Å². The highest BCUT2D eigenvalue weighted by Crippen LogP contribution is 2.24. The van der Waals surface area contributed by atoms with Crippen LogP contribution in [0.5, 0.6) is 0 Å². The van der Waals surface area contributed by atoms with Crippen molar-refractivity contribution in [2.45, 2.75) is 12.8 Å². The lowest BCUT2D eigenvalue weighted by Gasteiger charge is -2.25. The van der Waals surface area contributed by atoms with Crippen molar-refractivity contribution in [3.63, 3.8) is 0 Å². The first-order valence-corrected chi connectivity index (χ1v) is 8.89. The number of benzene rings is 1. The van der Waals surface area contributed by atoms with Gasteiger partial charge >= 0.3 is 0 Å². The van der Waals surface area contributed by atoms with Gasteiger partial charge < -0.3 is 10.6 Å². The molecule has 1 aromatic carbocycles. The van der Waals surface area contributed by atoms with Gasteiger partial charge in [-0.25, -0.2) is 13.1 Å². The fourth-order valence-corrected chi connectivity index (χ4v) is 2.84. The number of carbonyl (C=O) groups is 1. The molecule has 1 heterocycles. The number of fused-ring (bicyclic) bond motifs is 1. The van der Waals surface area contributed by atoms with Crippen molar-refractivity contribution in [3.8, 4) is 0 Å². The van der Waals surface area contributed by atoms with Crippen LogP contribution in [0.2, 0.25) is 0 Å². The third-order valence-electron chi connectivity index (χ3n) is 3.41. The van der Waals surface area contributed by atoms with Crippen molar-refractivity contribution in [2.75, 3.05) is 31.2 Å². The molecule has 116 valence electrons. The summed E-state index contributed by atoms with van der Waals surface area (Å²) in [6.07, 6.45) is 2.43. The number of para-hydroxylation sites is 1. The minimum Gasteiger partial charge on any atom is -0.384 e. The summed E-state index contributed by atoms with van der Waals surface area (Å²) in [5, 5.41) is 6.12. The molecule has 1 aromatic rings. The maximum absolute atomic E-state index is 12.1. The maximum Gasteiger partial charge on any atom is 0.225 e. The summed E-state index contributed by atoms with van der Waals surface area (Å²) in [6.45, 7) is 1.44. The highest BCUT2D eigenvalue weighted by molar-refractivity contribution is 7.88. The molecule has 7 heteroatoms. The maximum atomic E-state index is 12.1. The number of hydrogen-bond donors (Lipinski definition) is 3. The van der Waals surface area contributed by atoms with E-state index in [2.05, 4.69) is 15.4 Å². The highest BCUT2D eigenvalue weighted by Gasteiger charge is 2.23. The van der Waals surface area contributed by atoms with Crippen LogP contribution in [-0.2, 0) is 21.2 Å². The summed E-state index contributed by atoms with van der Waals surface area (Å²) < 4.78 is 24.2. The van der Waals surface area contributed by atoms with E-state index in [0.717, 1.165) is 23.9 Å². The molecule has 0 saturated carbocycles. The van der Waals surface area contributed by atoms with Gasteiger partial charge in [-0.2, -0.15) is 0 Å². The molecule has 2 rings (SSSR count). The van der Waals surface area contributed by atoms with Crippen LogP contribution in [-0.4, -0.2) is 40.2 Å². The van der Waals surface area contributed by atoms with E-state index in [1.165, 1.54) is 0 Å². The van der Waals surface area contributed by atoms with Crippen molar-refractivity contribution in [1.82, 2.24) is 10.0 Å². The highest BCUT2D eigenvalue weighted by atomic mass is 32.2. The van der Waals surface area contributed by atoms with Crippen LogP contribution in [0.15, 0.2) is 24.3 Å². The van der Waals surface area contributed by atoms with Gasteiger partial charge in [-0.05, 0) is 24.5 Å². The second-order valence-corrected chi connectivity index (χ2v) is 7.08. The number of rotatable bonds is 6. The zero-order valence-corrected chi connectivity index (χ0v) is 12.9. The van der Waals surface area contributed by atoms with Gasteiger partial charge in [0.25, 0.3) is 0 Å². The van der Waals surface area contributed by atoms with Gasteiger partial charge in [0.2, 0.25) is 15.9 Å². The van der Waals surface area contributed by atoms with E-state index in [9.17, 15) is 13.2 Å². The van der Waals surface area contributed by atoms with Crippen LogP contribution in [0.3, 0.4) is 0 Å². The molecule has 3 N–H and O–H groups in total. The quantitative estimate of drug-likeness (QED) is 0.661. The zero-order valence-electron chi connectivity index (χ0n) is 12.1. The summed E-state index contributed by atoms with van der Waals surface area (Å²) in [6, 6.07) is 7.98. The Morgan fingerprint density at radius 1 is 1.33 bits per heavy atom. The molecule has 1 amide bonds. The fourth-order valence-electron chi connectivity index (χ4n) is 2.33. The first-order valence-electron chi connectivity index (χ1n) is 7.00. The standard InChI is InChI=1S/C14H21N3O3S/c1-21(19,20)17-8-4-7-15-14(18)12-9-11-5-2-3-6-13(11)16-10-12/h2-3,5-6,12,16-17H,4,7-10H2,1H3,(H,15,18). The molecule has 0 radical (unpaired) electrons. The summed E-state index contributed by atoms with van der Waals surface area (Å²) in [4.78, 5) is 12.1. The van der Waals surface area contributed by atoms with Crippen molar-refractivity contribution >= 4 is 21.6 Å². The van der Waals surface area contributed by atoms with Gasteiger partial charge in [0.15, 0.2) is 0 Å². The van der Waals surface area contributed by atoms with Gasteiger partial charge in [0.05, 0.1) is 12.2 Å². The molecule has 1 unspecified atom stereocenters. The lowest BCUT2D eigenvalue weighted by Crippen LogP contribution is -2.39. The monoisotopic (exact) mass is 311 g/mol. The lowest BCUT2D eigenvalue weighted by atomic mass is 9.93. The van der Waals surface area contributed by atoms with Crippen molar-refractivity contribution in [3.05, 3.63) is 29.8 Å². The Labute approximate surface area is 125 Å². The molecule has 0 bridgehead atoms. The predicted molar refractivity (Wildman–Crippen MR) is 82.6 cm³/mol. The van der Waals surface area contributed by atoms with Crippen LogP contribution < -0.4 is 15.4 Å². The van der Waals surface area contributed by atoms with E-state index in [1.807, 2.05) is 24.3 Å². The third kappa shape index (κ3) is 5.02. The minimum atomic E-state index is -3.15. The average Bonchev–Trinajstić information content (AvgIpc) is 2.45. The summed E-state index contributed by atoms with van der Waals surface area (Å²) in [5.41, 5.74) is 2.25. The van der Waals surface area contributed by atoms with Crippen LogP contribution in [0.1, 0.15) is 12.0 Å². The molecular formula is C14H21N3O3S. The first-order chi connectivity index (χ1) is 9.96. The van der Waals surface area contributed by atoms with Crippen LogP contribution >= 0.6 is 0 Å². The SMILES string of the molecule is CS(=O)(=O)NCCCNC(=O)C1CNc2ccccc2C1. The number of amides is 1. The minimum absolute atomic E-state index is 0.0105. The molecule has 1 aliphatic rings. The molecule has 0 aromatic heterocycles. The second kappa shape index (κ2) is 6.91. The predicted octanol–water partition coefficient (Wildman–Crippen LogP) is 0.326. The Kier molecular flexibility index (Phi) is 5.19. The number of anilines is 1. The number of hydrogen-bond acceptors (Lipinski definition) is 4. The van der Waals surface area contributed by atoms with Crippen LogP contribution in [0.4, 0.5) is 5.69 Å². The number of carbonyl (C=O) groups excluding carboxylic acids is 1. The van der Waals surface area contributed by atoms with Crippen LogP contribution in [0.25, 0.3) is 0 Å². The van der Waals surface area contributed by atoms with E-state index in [-0.39, 0.29) is 11.8 Å².